The smallest absolute Gasteiger partial charge is 0.265 e. The molecule has 2 amide bonds. The molecule has 0 radical (unpaired) electrons. The van der Waals surface area contributed by atoms with Gasteiger partial charge in [0.2, 0.25) is 0 Å². The maximum absolute atomic E-state index is 12.6. The molecule has 2 N–H and O–H groups in total. The molecule has 2 unspecified atom stereocenters. The summed E-state index contributed by atoms with van der Waals surface area (Å²) in [6.07, 6.45) is -1.64. The molecule has 3 rings (SSSR count). The molecular weight excluding hydrogens is 451 g/mol. The highest BCUT2D eigenvalue weighted by Gasteiger charge is 2.20. The molecule has 6 nitrogen and oxygen atoms in total. The topological polar surface area (TPSA) is 76.7 Å². The quantitative estimate of drug-likeness (QED) is 0.433. The fraction of sp³-hybridized carbons (Fsp3) is 0.167. The summed E-state index contributed by atoms with van der Waals surface area (Å²) < 4.78 is 11.3. The van der Waals surface area contributed by atoms with Crippen molar-refractivity contribution in [3.05, 3.63) is 82.8 Å². The molecule has 0 heterocycles. The van der Waals surface area contributed by atoms with Gasteiger partial charge in [-0.2, -0.15) is 0 Å². The number of anilines is 2. The molecular formula is C24H22Cl2N2O4. The molecule has 0 aliphatic rings. The van der Waals surface area contributed by atoms with Crippen LogP contribution in [0.4, 0.5) is 11.4 Å². The van der Waals surface area contributed by atoms with Crippen molar-refractivity contribution in [3.8, 4) is 11.5 Å². The Morgan fingerprint density at radius 3 is 1.38 bits per heavy atom. The summed E-state index contributed by atoms with van der Waals surface area (Å²) in [6, 6.07) is 20.6. The SMILES string of the molecule is CC(Oc1ccccc1Cl)C(=O)Nc1ccccc1NC(=O)C(C)Oc1ccccc1Cl. The molecule has 3 aromatic carbocycles. The van der Waals surface area contributed by atoms with Gasteiger partial charge >= 0.3 is 0 Å². The average molecular weight is 473 g/mol. The molecule has 3 aromatic rings. The Balaban J connectivity index is 1.65. The molecule has 0 fully saturated rings. The number of halogens is 2. The van der Waals surface area contributed by atoms with Crippen LogP contribution >= 0.6 is 23.2 Å². The zero-order valence-electron chi connectivity index (χ0n) is 17.5. The van der Waals surface area contributed by atoms with Gasteiger partial charge in [0.05, 0.1) is 21.4 Å². The number of rotatable bonds is 8. The number of carbonyl (C=O) groups excluding carboxylic acids is 2. The van der Waals surface area contributed by atoms with Crippen molar-refractivity contribution in [1.82, 2.24) is 0 Å². The molecule has 0 aliphatic heterocycles. The molecule has 32 heavy (non-hydrogen) atoms. The van der Waals surface area contributed by atoms with E-state index in [-0.39, 0.29) is 0 Å². The van der Waals surface area contributed by atoms with Gasteiger partial charge < -0.3 is 20.1 Å². The Hall–Kier alpha value is -3.22. The van der Waals surface area contributed by atoms with Gasteiger partial charge in [-0.1, -0.05) is 59.6 Å². The third kappa shape index (κ3) is 6.15. The molecule has 2 atom stereocenters. The predicted molar refractivity (Wildman–Crippen MR) is 127 cm³/mol. The highest BCUT2D eigenvalue weighted by atomic mass is 35.5. The number of ether oxygens (including phenoxy) is 2. The van der Waals surface area contributed by atoms with E-state index in [0.29, 0.717) is 32.9 Å². The van der Waals surface area contributed by atoms with Crippen LogP contribution in [0.15, 0.2) is 72.8 Å². The molecule has 0 spiro atoms. The van der Waals surface area contributed by atoms with Gasteiger partial charge in [-0.3, -0.25) is 9.59 Å². The number of nitrogens with one attached hydrogen (secondary N) is 2. The standard InChI is InChI=1S/C24H22Cl2N2O4/c1-15(31-21-13-7-3-9-17(21)25)23(29)27-19-11-5-6-12-20(19)28-24(30)16(2)32-22-14-8-4-10-18(22)26/h3-16H,1-2H3,(H,27,29)(H,28,30). The fourth-order valence-electron chi connectivity index (χ4n) is 2.74. The minimum Gasteiger partial charge on any atom is -0.479 e. The number of hydrogen-bond acceptors (Lipinski definition) is 4. The van der Waals surface area contributed by atoms with Crippen molar-refractivity contribution in [2.45, 2.75) is 26.1 Å². The second-order valence-corrected chi connectivity index (χ2v) is 7.72. The van der Waals surface area contributed by atoms with Crippen molar-refractivity contribution >= 4 is 46.4 Å². The Bertz CT molecular complexity index is 1020. The fourth-order valence-corrected chi connectivity index (χ4v) is 3.10. The second-order valence-electron chi connectivity index (χ2n) is 6.91. The maximum Gasteiger partial charge on any atom is 0.265 e. The average Bonchev–Trinajstić information content (AvgIpc) is 2.78. The van der Waals surface area contributed by atoms with Crippen LogP contribution < -0.4 is 20.1 Å². The second kappa shape index (κ2) is 10.9. The van der Waals surface area contributed by atoms with E-state index in [2.05, 4.69) is 10.6 Å². The van der Waals surface area contributed by atoms with E-state index >= 15 is 0 Å². The van der Waals surface area contributed by atoms with Crippen LogP contribution in [0.3, 0.4) is 0 Å². The van der Waals surface area contributed by atoms with E-state index in [4.69, 9.17) is 32.7 Å². The van der Waals surface area contributed by atoms with E-state index in [1.54, 1.807) is 86.6 Å². The van der Waals surface area contributed by atoms with Crippen LogP contribution in [0, 0.1) is 0 Å². The summed E-state index contributed by atoms with van der Waals surface area (Å²) >= 11 is 12.2. The summed E-state index contributed by atoms with van der Waals surface area (Å²) in [5.41, 5.74) is 0.843. The zero-order valence-corrected chi connectivity index (χ0v) is 19.0. The van der Waals surface area contributed by atoms with E-state index in [1.807, 2.05) is 0 Å². The predicted octanol–water partition coefficient (Wildman–Crippen LogP) is 5.81. The summed E-state index contributed by atoms with van der Waals surface area (Å²) in [7, 11) is 0. The van der Waals surface area contributed by atoms with Crippen molar-refractivity contribution < 1.29 is 19.1 Å². The van der Waals surface area contributed by atoms with Gasteiger partial charge in [-0.25, -0.2) is 0 Å². The maximum atomic E-state index is 12.6. The molecule has 0 saturated heterocycles. The number of amides is 2. The zero-order chi connectivity index (χ0) is 23.1. The lowest BCUT2D eigenvalue weighted by Crippen LogP contribution is -2.32. The Kier molecular flexibility index (Phi) is 7.98. The van der Waals surface area contributed by atoms with E-state index in [0.717, 1.165) is 0 Å². The van der Waals surface area contributed by atoms with E-state index in [1.165, 1.54) is 0 Å². The first-order chi connectivity index (χ1) is 15.3. The van der Waals surface area contributed by atoms with Gasteiger partial charge in [-0.15, -0.1) is 0 Å². The summed E-state index contributed by atoms with van der Waals surface area (Å²) in [6.45, 7) is 3.22. The first-order valence-electron chi connectivity index (χ1n) is 9.88. The van der Waals surface area contributed by atoms with Gasteiger partial charge in [-0.05, 0) is 50.2 Å². The van der Waals surface area contributed by atoms with Crippen LogP contribution in [0.2, 0.25) is 10.0 Å². The van der Waals surface area contributed by atoms with Crippen molar-refractivity contribution in [1.29, 1.82) is 0 Å². The van der Waals surface area contributed by atoms with Gasteiger partial charge in [0, 0.05) is 0 Å². The number of hydrogen-bond donors (Lipinski definition) is 2. The highest BCUT2D eigenvalue weighted by Crippen LogP contribution is 2.27. The summed E-state index contributed by atoms with van der Waals surface area (Å²) in [5.74, 6) is 0.0203. The Morgan fingerprint density at radius 1 is 0.656 bits per heavy atom. The summed E-state index contributed by atoms with van der Waals surface area (Å²) in [5, 5.41) is 6.36. The van der Waals surface area contributed by atoms with E-state index < -0.39 is 24.0 Å². The number of carbonyl (C=O) groups is 2. The Labute approximate surface area is 196 Å². The van der Waals surface area contributed by atoms with Crippen molar-refractivity contribution in [3.63, 3.8) is 0 Å². The van der Waals surface area contributed by atoms with Crippen LogP contribution in [0.1, 0.15) is 13.8 Å². The first kappa shape index (κ1) is 23.4. The lowest BCUT2D eigenvalue weighted by Gasteiger charge is -2.19. The normalized spacial score (nSPS) is 12.4. The third-order valence-electron chi connectivity index (χ3n) is 4.46. The van der Waals surface area contributed by atoms with Crippen LogP contribution in [0.25, 0.3) is 0 Å². The van der Waals surface area contributed by atoms with Gasteiger partial charge in [0.1, 0.15) is 11.5 Å². The number of para-hydroxylation sites is 4. The van der Waals surface area contributed by atoms with Gasteiger partial charge in [0.25, 0.3) is 11.8 Å². The molecule has 8 heteroatoms. The molecule has 0 bridgehead atoms. The van der Waals surface area contributed by atoms with Crippen LogP contribution in [-0.4, -0.2) is 24.0 Å². The van der Waals surface area contributed by atoms with Gasteiger partial charge in [0.15, 0.2) is 12.2 Å². The van der Waals surface area contributed by atoms with Crippen LogP contribution in [-0.2, 0) is 9.59 Å². The molecule has 0 saturated carbocycles. The lowest BCUT2D eigenvalue weighted by molar-refractivity contribution is -0.122. The van der Waals surface area contributed by atoms with Crippen molar-refractivity contribution in [2.75, 3.05) is 10.6 Å². The minimum absolute atomic E-state index is 0.396. The lowest BCUT2D eigenvalue weighted by atomic mass is 10.2. The highest BCUT2D eigenvalue weighted by molar-refractivity contribution is 6.32. The van der Waals surface area contributed by atoms with Crippen LogP contribution in [0.5, 0.6) is 11.5 Å². The minimum atomic E-state index is -0.818. The third-order valence-corrected chi connectivity index (χ3v) is 5.09. The van der Waals surface area contributed by atoms with E-state index in [9.17, 15) is 9.59 Å². The molecule has 166 valence electrons. The molecule has 0 aromatic heterocycles. The van der Waals surface area contributed by atoms with Crippen molar-refractivity contribution in [2.24, 2.45) is 0 Å². The first-order valence-corrected chi connectivity index (χ1v) is 10.6. The largest absolute Gasteiger partial charge is 0.479 e. The summed E-state index contributed by atoms with van der Waals surface area (Å²) in [4.78, 5) is 25.3. The number of benzene rings is 3. The molecule has 0 aliphatic carbocycles. The monoisotopic (exact) mass is 472 g/mol. The Morgan fingerprint density at radius 2 is 1.00 bits per heavy atom.